The highest BCUT2D eigenvalue weighted by Gasteiger charge is 1.99. The fourth-order valence-corrected chi connectivity index (χ4v) is 1.15. The number of nitrogens with one attached hydrogen (secondary N) is 1. The van der Waals surface area contributed by atoms with Gasteiger partial charge < -0.3 is 5.32 Å². The highest BCUT2D eigenvalue weighted by atomic mass is 79.9. The van der Waals surface area contributed by atoms with E-state index in [1.165, 1.54) is 0 Å². The fraction of sp³-hybridized carbons (Fsp3) is 0. The first-order valence-electron chi connectivity index (χ1n) is 2.91. The second kappa shape index (κ2) is 3.74. The molecule has 0 heterocycles. The van der Waals surface area contributed by atoms with Crippen molar-refractivity contribution in [1.82, 2.24) is 0 Å². The van der Waals surface area contributed by atoms with E-state index >= 15 is 0 Å². The number of halogens is 2. The van der Waals surface area contributed by atoms with Crippen molar-refractivity contribution in [2.45, 2.75) is 0 Å². The third-order valence-electron chi connectivity index (χ3n) is 1.11. The number of carbonyl (C=O) groups is 1. The van der Waals surface area contributed by atoms with E-state index in [0.717, 1.165) is 4.47 Å². The summed E-state index contributed by atoms with van der Waals surface area (Å²) in [4.78, 5) is 10.4. The van der Waals surface area contributed by atoms with Crippen LogP contribution in [0.2, 0.25) is 0 Å². The second-order valence-electron chi connectivity index (χ2n) is 1.88. The highest BCUT2D eigenvalue weighted by molar-refractivity contribution is 9.10. The van der Waals surface area contributed by atoms with E-state index in [1.807, 2.05) is 18.2 Å². The molecule has 0 bridgehead atoms. The maximum absolute atomic E-state index is 10.4. The van der Waals surface area contributed by atoms with Crippen molar-refractivity contribution in [3.05, 3.63) is 28.7 Å². The first-order valence-corrected chi connectivity index (χ1v) is 4.08. The predicted octanol–water partition coefficient (Wildman–Crippen LogP) is 3.22. The van der Waals surface area contributed by atoms with Gasteiger partial charge in [-0.15, -0.1) is 0 Å². The normalized spacial score (nSPS) is 9.27. The molecule has 0 unspecified atom stereocenters. The molecule has 4 heteroatoms. The Balaban J connectivity index is 2.86. The monoisotopic (exact) mass is 233 g/mol. The lowest BCUT2D eigenvalue weighted by Crippen LogP contribution is -2.00. The summed E-state index contributed by atoms with van der Waals surface area (Å²) < 4.78 is 0.814. The van der Waals surface area contributed by atoms with Gasteiger partial charge in [-0.1, -0.05) is 12.1 Å². The zero-order chi connectivity index (χ0) is 8.27. The summed E-state index contributed by atoms with van der Waals surface area (Å²) in [5.41, 5.74) is 0.674. The number of hydrogen-bond acceptors (Lipinski definition) is 1. The summed E-state index contributed by atoms with van der Waals surface area (Å²) in [6.45, 7) is 0. The minimum absolute atomic E-state index is 0.586. The van der Waals surface area contributed by atoms with E-state index in [4.69, 9.17) is 11.6 Å². The topological polar surface area (TPSA) is 29.1 Å². The van der Waals surface area contributed by atoms with Crippen LogP contribution in [-0.2, 0) is 0 Å². The van der Waals surface area contributed by atoms with Gasteiger partial charge in [0.2, 0.25) is 0 Å². The van der Waals surface area contributed by atoms with E-state index in [9.17, 15) is 4.79 Å². The summed E-state index contributed by atoms with van der Waals surface area (Å²) in [6, 6.07) is 7.24. The molecule has 1 aromatic rings. The minimum atomic E-state index is -0.586. The summed E-state index contributed by atoms with van der Waals surface area (Å²) in [5, 5.41) is 1.87. The van der Waals surface area contributed by atoms with E-state index in [2.05, 4.69) is 21.2 Å². The summed E-state index contributed by atoms with van der Waals surface area (Å²) in [5.74, 6) is 0. The molecule has 58 valence electrons. The second-order valence-corrected chi connectivity index (χ2v) is 3.08. The molecule has 0 aromatic heterocycles. The number of rotatable bonds is 1. The van der Waals surface area contributed by atoms with Crippen molar-refractivity contribution < 1.29 is 4.79 Å². The Labute approximate surface area is 77.7 Å². The molecule has 1 rings (SSSR count). The number of carbonyl (C=O) groups excluding carboxylic acids is 1. The van der Waals surface area contributed by atoms with Gasteiger partial charge in [0.05, 0.1) is 5.69 Å². The zero-order valence-corrected chi connectivity index (χ0v) is 7.82. The Hall–Kier alpha value is -0.540. The maximum Gasteiger partial charge on any atom is 0.318 e. The zero-order valence-electron chi connectivity index (χ0n) is 5.47. The third-order valence-corrected chi connectivity index (χ3v) is 1.89. The van der Waals surface area contributed by atoms with Gasteiger partial charge in [0.15, 0.2) is 0 Å². The van der Waals surface area contributed by atoms with Gasteiger partial charge in [-0.25, -0.2) is 0 Å². The third kappa shape index (κ3) is 2.52. The first kappa shape index (κ1) is 8.56. The molecular weight excluding hydrogens is 229 g/mol. The number of hydrogen-bond donors (Lipinski definition) is 1. The lowest BCUT2D eigenvalue weighted by atomic mass is 10.3. The van der Waals surface area contributed by atoms with Gasteiger partial charge >= 0.3 is 5.37 Å². The molecule has 0 saturated heterocycles. The van der Waals surface area contributed by atoms with Crippen LogP contribution < -0.4 is 5.32 Å². The molecule has 0 aliphatic carbocycles. The molecule has 1 amide bonds. The quantitative estimate of drug-likeness (QED) is 0.587. The van der Waals surface area contributed by atoms with Crippen LogP contribution in [0.3, 0.4) is 0 Å². The van der Waals surface area contributed by atoms with Gasteiger partial charge in [-0.3, -0.25) is 4.79 Å². The van der Waals surface area contributed by atoms with Gasteiger partial charge in [-0.2, -0.15) is 0 Å². The summed E-state index contributed by atoms with van der Waals surface area (Å²) >= 11 is 8.36. The van der Waals surface area contributed by atoms with E-state index in [0.29, 0.717) is 5.69 Å². The molecule has 0 aliphatic heterocycles. The SMILES string of the molecule is O=C(Cl)Nc1ccccc1Br. The average molecular weight is 234 g/mol. The fourth-order valence-electron chi connectivity index (χ4n) is 0.668. The lowest BCUT2D eigenvalue weighted by molar-refractivity contribution is 0.269. The van der Waals surface area contributed by atoms with Crippen LogP contribution in [0.5, 0.6) is 0 Å². The van der Waals surface area contributed by atoms with Crippen LogP contribution in [0.25, 0.3) is 0 Å². The van der Waals surface area contributed by atoms with Crippen molar-refractivity contribution in [2.24, 2.45) is 0 Å². The molecule has 0 spiro atoms. The van der Waals surface area contributed by atoms with Crippen molar-refractivity contribution in [2.75, 3.05) is 5.32 Å². The van der Waals surface area contributed by atoms with Crippen LogP contribution in [0.1, 0.15) is 0 Å². The van der Waals surface area contributed by atoms with Crippen LogP contribution in [0.15, 0.2) is 28.7 Å². The molecule has 1 aromatic carbocycles. The minimum Gasteiger partial charge on any atom is -0.311 e. The van der Waals surface area contributed by atoms with Crippen molar-refractivity contribution in [3.63, 3.8) is 0 Å². The van der Waals surface area contributed by atoms with Gasteiger partial charge in [-0.05, 0) is 39.7 Å². The number of para-hydroxylation sites is 1. The molecule has 0 aliphatic rings. The summed E-state index contributed by atoms with van der Waals surface area (Å²) in [6.07, 6.45) is 0. The van der Waals surface area contributed by atoms with Gasteiger partial charge in [0.25, 0.3) is 0 Å². The number of anilines is 1. The maximum atomic E-state index is 10.4. The molecule has 11 heavy (non-hydrogen) atoms. The average Bonchev–Trinajstić information content (AvgIpc) is 1.93. The van der Waals surface area contributed by atoms with Crippen LogP contribution in [0, 0.1) is 0 Å². The molecule has 0 fully saturated rings. The van der Waals surface area contributed by atoms with Crippen LogP contribution in [0.4, 0.5) is 10.5 Å². The first-order chi connectivity index (χ1) is 5.20. The van der Waals surface area contributed by atoms with E-state index < -0.39 is 5.37 Å². The van der Waals surface area contributed by atoms with Gasteiger partial charge in [0, 0.05) is 4.47 Å². The Morgan fingerprint density at radius 2 is 2.09 bits per heavy atom. The van der Waals surface area contributed by atoms with E-state index in [-0.39, 0.29) is 0 Å². The molecule has 2 nitrogen and oxygen atoms in total. The Kier molecular flexibility index (Phi) is 2.91. The van der Waals surface area contributed by atoms with Gasteiger partial charge in [0.1, 0.15) is 0 Å². The summed E-state index contributed by atoms with van der Waals surface area (Å²) in [7, 11) is 0. The predicted molar refractivity (Wildman–Crippen MR) is 49.0 cm³/mol. The van der Waals surface area contributed by atoms with Crippen LogP contribution in [-0.4, -0.2) is 5.37 Å². The van der Waals surface area contributed by atoms with Crippen molar-refractivity contribution >= 4 is 38.6 Å². The van der Waals surface area contributed by atoms with Crippen molar-refractivity contribution in [1.29, 1.82) is 0 Å². The molecular formula is C7H5BrClNO. The molecule has 0 radical (unpaired) electrons. The number of amides is 1. The molecule has 0 saturated carbocycles. The highest BCUT2D eigenvalue weighted by Crippen LogP contribution is 2.21. The number of benzene rings is 1. The largest absolute Gasteiger partial charge is 0.318 e. The standard InChI is InChI=1S/C7H5BrClNO/c8-5-3-1-2-4-6(5)10-7(9)11/h1-4H,(H,10,11). The lowest BCUT2D eigenvalue weighted by Gasteiger charge is -2.01. The molecule has 0 atom stereocenters. The Morgan fingerprint density at radius 1 is 1.45 bits per heavy atom. The van der Waals surface area contributed by atoms with Crippen LogP contribution >= 0.6 is 27.5 Å². The molecule has 1 N–H and O–H groups in total. The Bertz CT molecular complexity index is 277. The van der Waals surface area contributed by atoms with Crippen molar-refractivity contribution in [3.8, 4) is 0 Å². The Morgan fingerprint density at radius 3 is 2.64 bits per heavy atom. The van der Waals surface area contributed by atoms with E-state index in [1.54, 1.807) is 6.07 Å². The smallest absolute Gasteiger partial charge is 0.311 e.